The van der Waals surface area contributed by atoms with Crippen LogP contribution in [0.3, 0.4) is 0 Å². The predicted molar refractivity (Wildman–Crippen MR) is 66.6 cm³/mol. The molecule has 0 fully saturated rings. The van der Waals surface area contributed by atoms with Gasteiger partial charge in [-0.1, -0.05) is 0 Å². The maximum atomic E-state index is 13.1. The molecule has 18 heavy (non-hydrogen) atoms. The van der Waals surface area contributed by atoms with Crippen LogP contribution >= 0.6 is 0 Å². The molecule has 4 nitrogen and oxygen atoms in total. The molecule has 2 aromatic heterocycles. The molecule has 3 aromatic rings. The number of aryl methyl sites for hydroxylation is 2. The van der Waals surface area contributed by atoms with Crippen LogP contribution < -0.4 is 0 Å². The number of halogens is 1. The number of aromatic amines is 1. The Kier molecular flexibility index (Phi) is 2.33. The van der Waals surface area contributed by atoms with E-state index in [1.807, 2.05) is 13.8 Å². The van der Waals surface area contributed by atoms with Gasteiger partial charge in [-0.25, -0.2) is 19.3 Å². The summed E-state index contributed by atoms with van der Waals surface area (Å²) in [6.45, 7) is 3.68. The fourth-order valence-corrected chi connectivity index (χ4v) is 2.03. The summed E-state index contributed by atoms with van der Waals surface area (Å²) in [5, 5.41) is 0. The Morgan fingerprint density at radius 3 is 2.78 bits per heavy atom. The second-order valence-corrected chi connectivity index (χ2v) is 4.18. The van der Waals surface area contributed by atoms with Crippen LogP contribution in [0.1, 0.15) is 11.4 Å². The van der Waals surface area contributed by atoms with Gasteiger partial charge >= 0.3 is 0 Å². The first kappa shape index (κ1) is 10.8. The number of imidazole rings is 1. The topological polar surface area (TPSA) is 54.5 Å². The normalized spacial score (nSPS) is 11.1. The number of rotatable bonds is 1. The van der Waals surface area contributed by atoms with Gasteiger partial charge in [-0.05, 0) is 37.6 Å². The minimum Gasteiger partial charge on any atom is -0.341 e. The van der Waals surface area contributed by atoms with Crippen molar-refractivity contribution >= 4 is 11.2 Å². The van der Waals surface area contributed by atoms with Gasteiger partial charge in [0.25, 0.3) is 0 Å². The third kappa shape index (κ3) is 1.64. The molecule has 5 heteroatoms. The third-order valence-electron chi connectivity index (χ3n) is 2.84. The average molecular weight is 242 g/mol. The van der Waals surface area contributed by atoms with E-state index in [0.29, 0.717) is 11.5 Å². The number of nitrogens with one attached hydrogen (secondary N) is 1. The summed E-state index contributed by atoms with van der Waals surface area (Å²) in [5.41, 5.74) is 3.88. The Hall–Kier alpha value is -2.30. The maximum Gasteiger partial charge on any atom is 0.181 e. The number of hydrogen-bond acceptors (Lipinski definition) is 3. The van der Waals surface area contributed by atoms with Gasteiger partial charge in [0.05, 0.1) is 6.33 Å². The van der Waals surface area contributed by atoms with E-state index in [9.17, 15) is 4.39 Å². The van der Waals surface area contributed by atoms with E-state index >= 15 is 0 Å². The fraction of sp³-hybridized carbons (Fsp3) is 0.154. The first-order chi connectivity index (χ1) is 8.65. The average Bonchev–Trinajstić information content (AvgIpc) is 2.76. The van der Waals surface area contributed by atoms with Crippen LogP contribution in [0.4, 0.5) is 4.39 Å². The summed E-state index contributed by atoms with van der Waals surface area (Å²) < 4.78 is 13.1. The molecule has 0 aliphatic heterocycles. The molecular formula is C13H11FN4. The third-order valence-corrected chi connectivity index (χ3v) is 2.84. The Balaban J connectivity index is 2.33. The predicted octanol–water partition coefficient (Wildman–Crippen LogP) is 2.78. The smallest absolute Gasteiger partial charge is 0.181 e. The second kappa shape index (κ2) is 3.87. The van der Waals surface area contributed by atoms with Gasteiger partial charge in [0.15, 0.2) is 5.65 Å². The summed E-state index contributed by atoms with van der Waals surface area (Å²) in [4.78, 5) is 15.8. The molecule has 0 saturated carbocycles. The van der Waals surface area contributed by atoms with E-state index in [1.54, 1.807) is 12.4 Å². The van der Waals surface area contributed by atoms with E-state index in [2.05, 4.69) is 19.9 Å². The molecule has 0 bridgehead atoms. The van der Waals surface area contributed by atoms with E-state index in [1.165, 1.54) is 12.1 Å². The molecule has 0 atom stereocenters. The molecule has 0 amide bonds. The highest BCUT2D eigenvalue weighted by molar-refractivity contribution is 5.87. The van der Waals surface area contributed by atoms with Gasteiger partial charge in [-0.2, -0.15) is 0 Å². The van der Waals surface area contributed by atoms with E-state index in [4.69, 9.17) is 0 Å². The minimum absolute atomic E-state index is 0.247. The summed E-state index contributed by atoms with van der Waals surface area (Å²) in [7, 11) is 0. The Morgan fingerprint density at radius 1 is 1.17 bits per heavy atom. The van der Waals surface area contributed by atoms with Crippen LogP contribution in [0.2, 0.25) is 0 Å². The van der Waals surface area contributed by atoms with Gasteiger partial charge in [0.2, 0.25) is 0 Å². The first-order valence-electron chi connectivity index (χ1n) is 5.59. The Bertz CT molecular complexity index is 733. The SMILES string of the molecule is Cc1nc(-c2ccc(F)cc2C)c2[nH]cnc2n1. The molecule has 0 saturated heterocycles. The maximum absolute atomic E-state index is 13.1. The summed E-state index contributed by atoms with van der Waals surface area (Å²) in [6.07, 6.45) is 1.58. The Labute approximate surface area is 103 Å². The first-order valence-corrected chi connectivity index (χ1v) is 5.59. The summed E-state index contributed by atoms with van der Waals surface area (Å²) in [6, 6.07) is 4.66. The van der Waals surface area contributed by atoms with Gasteiger partial charge < -0.3 is 4.98 Å². The highest BCUT2D eigenvalue weighted by atomic mass is 19.1. The van der Waals surface area contributed by atoms with Crippen molar-refractivity contribution in [3.05, 3.63) is 41.7 Å². The molecule has 1 N–H and O–H groups in total. The zero-order valence-corrected chi connectivity index (χ0v) is 10.0. The standard InChI is InChI=1S/C13H11FN4/c1-7-5-9(14)3-4-10(7)11-12-13(16-6-15-12)18-8(2)17-11/h3-6H,1-2H3,(H,15,16,17,18). The molecule has 0 aliphatic carbocycles. The largest absolute Gasteiger partial charge is 0.341 e. The van der Waals surface area contributed by atoms with E-state index in [-0.39, 0.29) is 5.82 Å². The lowest BCUT2D eigenvalue weighted by Crippen LogP contribution is -1.95. The van der Waals surface area contributed by atoms with Crippen LogP contribution in [0.25, 0.3) is 22.4 Å². The van der Waals surface area contributed by atoms with E-state index < -0.39 is 0 Å². The lowest BCUT2D eigenvalue weighted by atomic mass is 10.0. The Morgan fingerprint density at radius 2 is 2.00 bits per heavy atom. The van der Waals surface area contributed by atoms with Crippen molar-refractivity contribution in [2.75, 3.05) is 0 Å². The number of benzene rings is 1. The zero-order valence-electron chi connectivity index (χ0n) is 10.0. The van der Waals surface area contributed by atoms with Crippen molar-refractivity contribution in [2.24, 2.45) is 0 Å². The zero-order chi connectivity index (χ0) is 12.7. The lowest BCUT2D eigenvalue weighted by molar-refractivity contribution is 0.627. The van der Waals surface area contributed by atoms with Crippen LogP contribution in [0, 0.1) is 19.7 Å². The van der Waals surface area contributed by atoms with Crippen molar-refractivity contribution in [3.63, 3.8) is 0 Å². The number of fused-ring (bicyclic) bond motifs is 1. The highest BCUT2D eigenvalue weighted by Crippen LogP contribution is 2.27. The van der Waals surface area contributed by atoms with Crippen molar-refractivity contribution < 1.29 is 4.39 Å². The van der Waals surface area contributed by atoms with Crippen LogP contribution in [-0.4, -0.2) is 19.9 Å². The molecule has 0 aliphatic rings. The number of aromatic nitrogens is 4. The van der Waals surface area contributed by atoms with Gasteiger partial charge in [0.1, 0.15) is 22.9 Å². The van der Waals surface area contributed by atoms with Gasteiger partial charge in [-0.3, -0.25) is 0 Å². The number of H-pyrrole nitrogens is 1. The number of hydrogen-bond donors (Lipinski definition) is 1. The molecule has 0 spiro atoms. The molecule has 3 rings (SSSR count). The monoisotopic (exact) mass is 242 g/mol. The van der Waals surface area contributed by atoms with Crippen molar-refractivity contribution in [3.8, 4) is 11.3 Å². The van der Waals surface area contributed by atoms with Crippen molar-refractivity contribution in [2.45, 2.75) is 13.8 Å². The molecule has 2 heterocycles. The van der Waals surface area contributed by atoms with Crippen molar-refractivity contribution in [1.29, 1.82) is 0 Å². The lowest BCUT2D eigenvalue weighted by Gasteiger charge is -2.07. The number of nitrogens with zero attached hydrogens (tertiary/aromatic N) is 3. The van der Waals surface area contributed by atoms with Crippen LogP contribution in [-0.2, 0) is 0 Å². The molecule has 90 valence electrons. The molecule has 1 aromatic carbocycles. The molecular weight excluding hydrogens is 231 g/mol. The minimum atomic E-state index is -0.247. The van der Waals surface area contributed by atoms with Crippen LogP contribution in [0.15, 0.2) is 24.5 Å². The second-order valence-electron chi connectivity index (χ2n) is 4.18. The molecule has 0 unspecified atom stereocenters. The van der Waals surface area contributed by atoms with Gasteiger partial charge in [0, 0.05) is 5.56 Å². The van der Waals surface area contributed by atoms with E-state index in [0.717, 1.165) is 22.3 Å². The molecule has 0 radical (unpaired) electrons. The quantitative estimate of drug-likeness (QED) is 0.713. The summed E-state index contributed by atoms with van der Waals surface area (Å²) in [5.74, 6) is 0.399. The van der Waals surface area contributed by atoms with Gasteiger partial charge in [-0.15, -0.1) is 0 Å². The fourth-order valence-electron chi connectivity index (χ4n) is 2.03. The van der Waals surface area contributed by atoms with Crippen molar-refractivity contribution in [1.82, 2.24) is 19.9 Å². The highest BCUT2D eigenvalue weighted by Gasteiger charge is 2.12. The van der Waals surface area contributed by atoms with Crippen LogP contribution in [0.5, 0.6) is 0 Å². The summed E-state index contributed by atoms with van der Waals surface area (Å²) >= 11 is 0.